The average molecular weight is 345 g/mol. The second kappa shape index (κ2) is 9.32. The maximum atomic E-state index is 12.0. The van der Waals surface area contributed by atoms with Gasteiger partial charge in [-0.2, -0.15) is 0 Å². The molecule has 3 rings (SSSR count). The number of likely N-dealkylation sites (N-methyl/N-ethyl adjacent to an activating group) is 1. The van der Waals surface area contributed by atoms with E-state index >= 15 is 0 Å². The molecular weight excluding hydrogens is 312 g/mol. The highest BCUT2D eigenvalue weighted by Gasteiger charge is 2.20. The monoisotopic (exact) mass is 344 g/mol. The van der Waals surface area contributed by atoms with Gasteiger partial charge in [0.05, 0.1) is 6.54 Å². The number of hydrogen-bond acceptors (Lipinski definition) is 4. The van der Waals surface area contributed by atoms with Gasteiger partial charge in [-0.25, -0.2) is 0 Å². The highest BCUT2D eigenvalue weighted by atomic mass is 16.1. The zero-order chi connectivity index (χ0) is 17.5. The summed E-state index contributed by atoms with van der Waals surface area (Å²) in [5.41, 5.74) is 2.56. The minimum atomic E-state index is 0.0898. The van der Waals surface area contributed by atoms with Crippen molar-refractivity contribution >= 4 is 5.91 Å². The van der Waals surface area contributed by atoms with E-state index in [9.17, 15) is 4.79 Å². The molecule has 1 saturated heterocycles. The number of carbonyl (C=O) groups excluding carboxylic acids is 1. The van der Waals surface area contributed by atoms with Crippen LogP contribution in [-0.4, -0.2) is 61.5 Å². The number of amides is 1. The molecule has 2 N–H and O–H groups in total. The van der Waals surface area contributed by atoms with E-state index in [2.05, 4.69) is 51.6 Å². The fourth-order valence-electron chi connectivity index (χ4n) is 3.36. The maximum Gasteiger partial charge on any atom is 0.234 e. The van der Waals surface area contributed by atoms with Crippen molar-refractivity contribution in [2.24, 2.45) is 5.92 Å². The Bertz CT molecular complexity index is 550. The molecule has 0 radical (unpaired) electrons. The SMILES string of the molecule is CCN1CCN(Cc2ccccc2CNC(=O)CNCC2CC2)CC1. The van der Waals surface area contributed by atoms with Gasteiger partial charge in [-0.3, -0.25) is 9.69 Å². The molecular formula is C20H32N4O. The zero-order valence-electron chi connectivity index (χ0n) is 15.5. The Morgan fingerprint density at radius 2 is 1.76 bits per heavy atom. The largest absolute Gasteiger partial charge is 0.351 e. The molecule has 0 bridgehead atoms. The summed E-state index contributed by atoms with van der Waals surface area (Å²) in [6.07, 6.45) is 2.63. The molecule has 2 aliphatic rings. The van der Waals surface area contributed by atoms with Gasteiger partial charge in [-0.1, -0.05) is 31.2 Å². The summed E-state index contributed by atoms with van der Waals surface area (Å²) in [4.78, 5) is 17.0. The van der Waals surface area contributed by atoms with Gasteiger partial charge in [0.1, 0.15) is 0 Å². The molecule has 0 spiro atoms. The van der Waals surface area contributed by atoms with Crippen molar-refractivity contribution in [3.8, 4) is 0 Å². The third kappa shape index (κ3) is 6.10. The van der Waals surface area contributed by atoms with Crippen LogP contribution in [0.3, 0.4) is 0 Å². The summed E-state index contributed by atoms with van der Waals surface area (Å²) in [6, 6.07) is 8.49. The minimum absolute atomic E-state index is 0.0898. The Morgan fingerprint density at radius 3 is 2.44 bits per heavy atom. The lowest BCUT2D eigenvalue weighted by Crippen LogP contribution is -2.45. The fourth-order valence-corrected chi connectivity index (χ4v) is 3.36. The van der Waals surface area contributed by atoms with Crippen LogP contribution in [0.2, 0.25) is 0 Å². The van der Waals surface area contributed by atoms with Gasteiger partial charge in [0.25, 0.3) is 0 Å². The smallest absolute Gasteiger partial charge is 0.234 e. The lowest BCUT2D eigenvalue weighted by atomic mass is 10.1. The maximum absolute atomic E-state index is 12.0. The molecule has 2 fully saturated rings. The Morgan fingerprint density at radius 1 is 1.08 bits per heavy atom. The van der Waals surface area contributed by atoms with Crippen LogP contribution in [0.1, 0.15) is 30.9 Å². The molecule has 138 valence electrons. The van der Waals surface area contributed by atoms with Gasteiger partial charge in [-0.15, -0.1) is 0 Å². The molecule has 1 saturated carbocycles. The van der Waals surface area contributed by atoms with Crippen molar-refractivity contribution in [3.05, 3.63) is 35.4 Å². The standard InChI is InChI=1S/C20H32N4O/c1-2-23-9-11-24(12-10-23)16-19-6-4-3-5-18(19)14-22-20(25)15-21-13-17-7-8-17/h3-6,17,21H,2,7-16H2,1H3,(H,22,25). The molecule has 5 nitrogen and oxygen atoms in total. The van der Waals surface area contributed by atoms with E-state index in [1.807, 2.05) is 0 Å². The molecule has 1 aromatic carbocycles. The van der Waals surface area contributed by atoms with Crippen LogP contribution < -0.4 is 10.6 Å². The highest BCUT2D eigenvalue weighted by Crippen LogP contribution is 2.27. The molecule has 1 heterocycles. The Balaban J connectivity index is 1.44. The van der Waals surface area contributed by atoms with Crippen molar-refractivity contribution in [1.29, 1.82) is 0 Å². The number of rotatable bonds is 9. The number of benzene rings is 1. The van der Waals surface area contributed by atoms with Crippen molar-refractivity contribution in [3.63, 3.8) is 0 Å². The normalized spacial score (nSPS) is 19.1. The first kappa shape index (κ1) is 18.4. The van der Waals surface area contributed by atoms with Crippen molar-refractivity contribution in [2.75, 3.05) is 45.8 Å². The number of nitrogens with zero attached hydrogens (tertiary/aromatic N) is 2. The van der Waals surface area contributed by atoms with Crippen LogP contribution >= 0.6 is 0 Å². The molecule has 1 amide bonds. The summed E-state index contributed by atoms with van der Waals surface area (Å²) in [7, 11) is 0. The third-order valence-electron chi connectivity index (χ3n) is 5.32. The van der Waals surface area contributed by atoms with Crippen molar-refractivity contribution < 1.29 is 4.79 Å². The predicted molar refractivity (Wildman–Crippen MR) is 101 cm³/mol. The number of carbonyl (C=O) groups is 1. The zero-order valence-corrected chi connectivity index (χ0v) is 15.5. The summed E-state index contributed by atoms with van der Waals surface area (Å²) in [6.45, 7) is 10.9. The minimum Gasteiger partial charge on any atom is -0.351 e. The first-order valence-corrected chi connectivity index (χ1v) is 9.73. The predicted octanol–water partition coefficient (Wildman–Crippen LogP) is 1.44. The van der Waals surface area contributed by atoms with E-state index in [-0.39, 0.29) is 5.91 Å². The van der Waals surface area contributed by atoms with E-state index in [0.29, 0.717) is 13.1 Å². The van der Waals surface area contributed by atoms with Crippen molar-refractivity contribution in [2.45, 2.75) is 32.9 Å². The van der Waals surface area contributed by atoms with Crippen molar-refractivity contribution in [1.82, 2.24) is 20.4 Å². The van der Waals surface area contributed by atoms with E-state index in [1.165, 1.54) is 24.0 Å². The summed E-state index contributed by atoms with van der Waals surface area (Å²) >= 11 is 0. The molecule has 25 heavy (non-hydrogen) atoms. The lowest BCUT2D eigenvalue weighted by Gasteiger charge is -2.34. The van der Waals surface area contributed by atoms with Crippen LogP contribution in [0.4, 0.5) is 0 Å². The first-order chi connectivity index (χ1) is 12.2. The second-order valence-electron chi connectivity index (χ2n) is 7.33. The van der Waals surface area contributed by atoms with Gasteiger partial charge in [0.15, 0.2) is 0 Å². The van der Waals surface area contributed by atoms with Gasteiger partial charge in [-0.05, 0) is 43.0 Å². The average Bonchev–Trinajstić information content (AvgIpc) is 3.46. The lowest BCUT2D eigenvalue weighted by molar-refractivity contribution is -0.120. The molecule has 1 aromatic rings. The number of hydrogen-bond donors (Lipinski definition) is 2. The van der Waals surface area contributed by atoms with E-state index in [0.717, 1.165) is 51.7 Å². The van der Waals surface area contributed by atoms with Gasteiger partial charge in [0, 0.05) is 39.3 Å². The summed E-state index contributed by atoms with van der Waals surface area (Å²) < 4.78 is 0. The van der Waals surface area contributed by atoms with E-state index in [1.54, 1.807) is 0 Å². The second-order valence-corrected chi connectivity index (χ2v) is 7.33. The topological polar surface area (TPSA) is 47.6 Å². The van der Waals surface area contributed by atoms with Gasteiger partial charge >= 0.3 is 0 Å². The molecule has 0 aromatic heterocycles. The van der Waals surface area contributed by atoms with E-state index in [4.69, 9.17) is 0 Å². The van der Waals surface area contributed by atoms with Gasteiger partial charge in [0.2, 0.25) is 5.91 Å². The first-order valence-electron chi connectivity index (χ1n) is 9.73. The van der Waals surface area contributed by atoms with Crippen LogP contribution in [0, 0.1) is 5.92 Å². The highest BCUT2D eigenvalue weighted by molar-refractivity contribution is 5.78. The molecule has 5 heteroatoms. The molecule has 0 atom stereocenters. The van der Waals surface area contributed by atoms with Crippen LogP contribution in [0.15, 0.2) is 24.3 Å². The Hall–Kier alpha value is -1.43. The van der Waals surface area contributed by atoms with Crippen LogP contribution in [0.25, 0.3) is 0 Å². The third-order valence-corrected chi connectivity index (χ3v) is 5.32. The number of nitrogens with one attached hydrogen (secondary N) is 2. The molecule has 1 aliphatic carbocycles. The number of piperazine rings is 1. The quantitative estimate of drug-likeness (QED) is 0.712. The van der Waals surface area contributed by atoms with E-state index < -0.39 is 0 Å². The van der Waals surface area contributed by atoms with Gasteiger partial charge < -0.3 is 15.5 Å². The summed E-state index contributed by atoms with van der Waals surface area (Å²) in [5, 5.41) is 6.31. The Kier molecular flexibility index (Phi) is 6.84. The fraction of sp³-hybridized carbons (Fsp3) is 0.650. The van der Waals surface area contributed by atoms with Crippen LogP contribution in [-0.2, 0) is 17.9 Å². The Labute approximate surface area is 151 Å². The molecule has 1 aliphatic heterocycles. The molecule has 0 unspecified atom stereocenters. The van der Waals surface area contributed by atoms with Crippen LogP contribution in [0.5, 0.6) is 0 Å². The summed E-state index contributed by atoms with van der Waals surface area (Å²) in [5.74, 6) is 0.897.